The van der Waals surface area contributed by atoms with Crippen LogP contribution in [0.3, 0.4) is 0 Å². The lowest BCUT2D eigenvalue weighted by Crippen LogP contribution is -2.58. The largest absolute Gasteiger partial charge is 0.461 e. The number of sulfonamides is 2. The van der Waals surface area contributed by atoms with Crippen LogP contribution < -0.4 is 30.7 Å². The van der Waals surface area contributed by atoms with Gasteiger partial charge in [0.25, 0.3) is 11.8 Å². The molecule has 7 N–H and O–H groups in total. The minimum absolute atomic E-state index is 0.0190. The van der Waals surface area contributed by atoms with E-state index < -0.39 is 167 Å². The van der Waals surface area contributed by atoms with Crippen molar-refractivity contribution in [3.8, 4) is 0 Å². The molecule has 88 heavy (non-hydrogen) atoms. The molecule has 8 aliphatic rings. The van der Waals surface area contributed by atoms with Crippen LogP contribution in [0.2, 0.25) is 0 Å². The third-order valence-electron chi connectivity index (χ3n) is 15.7. The Balaban J connectivity index is 0.000000254. The fourth-order valence-electron chi connectivity index (χ4n) is 11.0. The Hall–Kier alpha value is -6.69. The highest BCUT2D eigenvalue weighted by Gasteiger charge is 2.63. The molecule has 6 fully saturated rings. The lowest BCUT2D eigenvalue weighted by Gasteiger charge is -2.30. The molecule has 0 aromatic rings. The molecule has 30 heteroatoms. The number of ether oxygens (including phenoxy) is 4. The highest BCUT2D eigenvalue weighted by atomic mass is 32.2. The van der Waals surface area contributed by atoms with E-state index in [1.54, 1.807) is 41.5 Å². The molecular weight excluding hydrogens is 1190 g/mol. The first kappa shape index (κ1) is 70.4. The van der Waals surface area contributed by atoms with E-state index >= 15 is 0 Å². The molecule has 0 spiro atoms. The van der Waals surface area contributed by atoms with Gasteiger partial charge in [-0.2, -0.15) is 0 Å². The van der Waals surface area contributed by atoms with Crippen LogP contribution >= 0.6 is 0 Å². The van der Waals surface area contributed by atoms with Gasteiger partial charge >= 0.3 is 30.1 Å². The van der Waals surface area contributed by atoms with Crippen LogP contribution in [0.25, 0.3) is 0 Å². The molecule has 4 aliphatic carbocycles. The van der Waals surface area contributed by atoms with Crippen molar-refractivity contribution in [2.75, 3.05) is 13.1 Å². The Labute approximate surface area is 513 Å². The van der Waals surface area contributed by atoms with Crippen LogP contribution in [0.15, 0.2) is 24.3 Å². The molecule has 0 radical (unpaired) electrons. The van der Waals surface area contributed by atoms with Gasteiger partial charge in [-0.3, -0.25) is 52.6 Å². The standard InChI is InChI=1S/C28H42N4O9S.C26H40N4O8S.C4H6O3/c1-17(33)40-19-14-22-23(34)30-28(25(36)31-42(38,39)20-12-13-20)15-18(28)10-8-6-5-7-9-11-21(24(35)32(22)16-19)29-26(37)41-27(2,3)4;1-25(2,3)38-24(35)27-19-10-8-6-4-5-7-9-16-14-26(16,23(34)29-39(36,37)18-11-12-18)28-21(32)20-13-17(31)15-30(20)22(19)33;1-3(5)7-4(2)6/h8,10,18-22H,5-7,9,11-16H2,1-4H3,(H,29,37)(H,30,34)(H,31,36);7,9,16-20,31H,4-6,8,10-15H2,1-3H3,(H,27,35)(H,28,32)(H,29,34);1-2H3/b10-8-;9-7-;/t18-,19-,21+,22+,28-;16-,17-,19+,20+,26-;/m11./s1. The zero-order valence-corrected chi connectivity index (χ0v) is 53.3. The summed E-state index contributed by atoms with van der Waals surface area (Å²) in [7, 11) is -7.69. The van der Waals surface area contributed by atoms with E-state index in [-0.39, 0.29) is 38.8 Å². The highest BCUT2D eigenvalue weighted by Crippen LogP contribution is 2.47. The predicted molar refractivity (Wildman–Crippen MR) is 313 cm³/mol. The number of aliphatic hydroxyl groups excluding tert-OH is 1. The lowest BCUT2D eigenvalue weighted by atomic mass is 10.0. The summed E-state index contributed by atoms with van der Waals surface area (Å²) in [5.41, 5.74) is -4.50. The van der Waals surface area contributed by atoms with Crippen LogP contribution in [0.4, 0.5) is 9.59 Å². The van der Waals surface area contributed by atoms with Crippen molar-refractivity contribution in [3.05, 3.63) is 24.3 Å². The molecule has 0 unspecified atom stereocenters. The fraction of sp³-hybridized carbons (Fsp3) is 0.741. The summed E-state index contributed by atoms with van der Waals surface area (Å²) in [6.07, 6.45) is 13.0. The van der Waals surface area contributed by atoms with Crippen LogP contribution in [-0.2, 0) is 82.1 Å². The molecule has 28 nitrogen and oxygen atoms in total. The molecule has 2 saturated heterocycles. The number of allylic oxidation sites excluding steroid dienone is 2. The number of aliphatic hydroxyl groups is 1. The van der Waals surface area contributed by atoms with Crippen LogP contribution in [0, 0.1) is 11.8 Å². The summed E-state index contributed by atoms with van der Waals surface area (Å²) in [5.74, 6) is -6.48. The average molecular weight is 1280 g/mol. The van der Waals surface area contributed by atoms with E-state index in [0.29, 0.717) is 64.2 Å². The van der Waals surface area contributed by atoms with Crippen molar-refractivity contribution in [3.63, 3.8) is 0 Å². The number of esters is 3. The molecule has 8 rings (SSSR count). The Bertz CT molecular complexity index is 2960. The van der Waals surface area contributed by atoms with Crippen molar-refractivity contribution < 1.29 is 93.6 Å². The van der Waals surface area contributed by atoms with Gasteiger partial charge in [0.15, 0.2) is 0 Å². The summed E-state index contributed by atoms with van der Waals surface area (Å²) >= 11 is 0. The topological polar surface area (TPSA) is 392 Å². The predicted octanol–water partition coefficient (Wildman–Crippen LogP) is 2.36. The Morgan fingerprint density at radius 1 is 0.568 bits per heavy atom. The van der Waals surface area contributed by atoms with Crippen molar-refractivity contribution in [2.24, 2.45) is 11.8 Å². The summed E-state index contributed by atoms with van der Waals surface area (Å²) in [6.45, 7) is 13.6. The molecule has 0 bridgehead atoms. The van der Waals surface area contributed by atoms with Gasteiger partial charge in [-0.25, -0.2) is 26.4 Å². The van der Waals surface area contributed by atoms with Crippen molar-refractivity contribution in [2.45, 2.75) is 247 Å². The quantitative estimate of drug-likeness (QED) is 0.0754. The number of hydrogen-bond donors (Lipinski definition) is 7. The van der Waals surface area contributed by atoms with Gasteiger partial charge in [0.1, 0.15) is 52.6 Å². The van der Waals surface area contributed by atoms with E-state index in [2.05, 4.69) is 35.4 Å². The van der Waals surface area contributed by atoms with Gasteiger partial charge in [0.05, 0.1) is 23.1 Å². The number of hydrogen-bond acceptors (Lipinski definition) is 20. The van der Waals surface area contributed by atoms with Gasteiger partial charge in [0, 0.05) is 52.0 Å². The number of carbonyl (C=O) groups is 11. The number of alkyl carbamates (subject to hydrolysis) is 2. The molecule has 492 valence electrons. The summed E-state index contributed by atoms with van der Waals surface area (Å²) in [5, 5.41) is 19.9. The van der Waals surface area contributed by atoms with Crippen molar-refractivity contribution in [1.29, 1.82) is 0 Å². The van der Waals surface area contributed by atoms with E-state index in [1.807, 2.05) is 24.3 Å². The van der Waals surface area contributed by atoms with Gasteiger partial charge < -0.3 is 55.1 Å². The van der Waals surface area contributed by atoms with Crippen LogP contribution in [-0.4, -0.2) is 180 Å². The zero-order chi connectivity index (χ0) is 65.3. The molecular formula is C58H88N8O20S2. The second-order valence-corrected chi connectivity index (χ2v) is 29.8. The van der Waals surface area contributed by atoms with Crippen molar-refractivity contribution in [1.82, 2.24) is 40.5 Å². The number of fused-ring (bicyclic) bond motifs is 4. The van der Waals surface area contributed by atoms with E-state index in [0.717, 1.165) is 25.7 Å². The maximum absolute atomic E-state index is 13.9. The highest BCUT2D eigenvalue weighted by molar-refractivity contribution is 7.91. The maximum atomic E-state index is 13.9. The minimum atomic E-state index is -3.86. The number of rotatable bonds is 9. The van der Waals surface area contributed by atoms with E-state index in [1.165, 1.54) is 30.6 Å². The first-order valence-corrected chi connectivity index (χ1v) is 33.3. The van der Waals surface area contributed by atoms with Gasteiger partial charge in [0.2, 0.25) is 43.7 Å². The second kappa shape index (κ2) is 28.9. The Morgan fingerprint density at radius 3 is 1.33 bits per heavy atom. The molecule has 10 atom stereocenters. The Kier molecular flexibility index (Phi) is 23.1. The molecule has 4 aliphatic heterocycles. The monoisotopic (exact) mass is 1280 g/mol. The summed E-state index contributed by atoms with van der Waals surface area (Å²) in [6, 6.07) is -4.17. The van der Waals surface area contributed by atoms with Crippen molar-refractivity contribution >= 4 is 85.6 Å². The minimum Gasteiger partial charge on any atom is -0.461 e. The average Bonchev–Trinajstić information content (AvgIpc) is 1.96. The number of amides is 8. The first-order chi connectivity index (χ1) is 41.0. The normalized spacial score (nSPS) is 30.2. The van der Waals surface area contributed by atoms with E-state index in [4.69, 9.17) is 14.2 Å². The van der Waals surface area contributed by atoms with Gasteiger partial charge in [-0.15, -0.1) is 0 Å². The third-order valence-corrected chi connectivity index (χ3v) is 19.3. The fourth-order valence-corrected chi connectivity index (χ4v) is 13.7. The van der Waals surface area contributed by atoms with Gasteiger partial charge in [-0.05, 0) is 119 Å². The third kappa shape index (κ3) is 20.2. The van der Waals surface area contributed by atoms with Crippen LogP contribution in [0.1, 0.15) is 178 Å². The Morgan fingerprint density at radius 2 is 0.966 bits per heavy atom. The number of nitrogens with zero attached hydrogens (tertiary/aromatic N) is 2. The molecule has 0 aromatic heterocycles. The summed E-state index contributed by atoms with van der Waals surface area (Å²) in [4.78, 5) is 140. The summed E-state index contributed by atoms with van der Waals surface area (Å²) < 4.78 is 74.4. The first-order valence-electron chi connectivity index (χ1n) is 30.2. The smallest absolute Gasteiger partial charge is 0.408 e. The molecule has 4 heterocycles. The molecule has 0 aromatic carbocycles. The number of carbonyl (C=O) groups excluding carboxylic acids is 11. The number of nitrogens with one attached hydrogen (secondary N) is 6. The zero-order valence-electron chi connectivity index (χ0n) is 51.6. The van der Waals surface area contributed by atoms with Crippen LogP contribution in [0.5, 0.6) is 0 Å². The maximum Gasteiger partial charge on any atom is 0.408 e. The SMILES string of the molecule is CC(=O)OC(C)=O.CC(=O)O[C@@H]1C[C@H]2C(=O)N[C@]3(C(=O)NS(=O)(=O)C4CC4)C[C@H]3/C=C\CCCCC[C@H](NC(=O)OC(C)(C)C)C(=O)N2C1.CC(C)(C)OC(=O)N[C@H]1CCCCC/C=C\[C@@H]2C[C@@]2(C(=O)NS(=O)(=O)C2CC2)NC(=O)[C@@H]2C[C@@H](O)CN2C1=O. The van der Waals surface area contributed by atoms with E-state index in [9.17, 15) is 74.7 Å². The lowest BCUT2D eigenvalue weighted by molar-refractivity contribution is -0.156. The van der Waals surface area contributed by atoms with Gasteiger partial charge in [-0.1, -0.05) is 50.0 Å². The second-order valence-electron chi connectivity index (χ2n) is 25.9. The molecule has 8 amide bonds. The molecule has 4 saturated carbocycles.